The molecule has 1 aliphatic rings. The Hall–Kier alpha value is -0.820. The van der Waals surface area contributed by atoms with Gasteiger partial charge >= 0.3 is 0 Å². The molecule has 5 nitrogen and oxygen atoms in total. The first-order chi connectivity index (χ1) is 8.98. The van der Waals surface area contributed by atoms with Crippen molar-refractivity contribution in [2.75, 3.05) is 18.9 Å². The van der Waals surface area contributed by atoms with Crippen LogP contribution in [0, 0.1) is 0 Å². The van der Waals surface area contributed by atoms with E-state index in [0.29, 0.717) is 13.0 Å². The lowest BCUT2D eigenvalue weighted by molar-refractivity contribution is 0.155. The lowest BCUT2D eigenvalue weighted by Gasteiger charge is -2.33. The van der Waals surface area contributed by atoms with Crippen LogP contribution in [-0.4, -0.2) is 37.0 Å². The van der Waals surface area contributed by atoms with Crippen molar-refractivity contribution in [1.29, 1.82) is 0 Å². The Balaban J connectivity index is 2.47. The molecule has 3 N–H and O–H groups in total. The topological polar surface area (TPSA) is 83.6 Å². The standard InChI is InChI=1S/C12H17ClN2O3S/c13-10-5-3-6-11(14)12(10)19(17,18)15-7-2-1-4-9(15)8-16/h3,5-6,9,16H,1-2,4,7-8,14H2. The Labute approximate surface area is 118 Å². The number of hydrogen-bond donors (Lipinski definition) is 2. The molecule has 2 rings (SSSR count). The minimum atomic E-state index is -3.77. The second-order valence-electron chi connectivity index (χ2n) is 4.61. The molecule has 1 aliphatic heterocycles. The van der Waals surface area contributed by atoms with Crippen LogP contribution in [0.1, 0.15) is 19.3 Å². The van der Waals surface area contributed by atoms with E-state index in [1.807, 2.05) is 0 Å². The zero-order valence-electron chi connectivity index (χ0n) is 10.4. The normalized spacial score (nSPS) is 21.5. The fourth-order valence-corrected chi connectivity index (χ4v) is 4.71. The van der Waals surface area contributed by atoms with Crippen molar-refractivity contribution in [3.63, 3.8) is 0 Å². The number of sulfonamides is 1. The number of nitrogens with two attached hydrogens (primary N) is 1. The molecule has 1 aromatic rings. The molecule has 0 bridgehead atoms. The third-order valence-electron chi connectivity index (χ3n) is 3.35. The summed E-state index contributed by atoms with van der Waals surface area (Å²) >= 11 is 5.98. The van der Waals surface area contributed by atoms with E-state index >= 15 is 0 Å². The summed E-state index contributed by atoms with van der Waals surface area (Å²) in [5.41, 5.74) is 5.88. The second-order valence-corrected chi connectivity index (χ2v) is 6.84. The summed E-state index contributed by atoms with van der Waals surface area (Å²) in [6, 6.07) is 4.23. The monoisotopic (exact) mass is 304 g/mol. The molecule has 0 aromatic heterocycles. The van der Waals surface area contributed by atoms with Crippen LogP contribution < -0.4 is 5.73 Å². The summed E-state index contributed by atoms with van der Waals surface area (Å²) in [4.78, 5) is -0.0583. The highest BCUT2D eigenvalue weighted by Crippen LogP contribution is 2.33. The first kappa shape index (κ1) is 14.6. The lowest BCUT2D eigenvalue weighted by Crippen LogP contribution is -2.45. The van der Waals surface area contributed by atoms with Crippen LogP contribution in [0.5, 0.6) is 0 Å². The highest BCUT2D eigenvalue weighted by molar-refractivity contribution is 7.89. The first-order valence-corrected chi connectivity index (χ1v) is 7.97. The molecule has 1 unspecified atom stereocenters. The average molecular weight is 305 g/mol. The number of hydrogen-bond acceptors (Lipinski definition) is 4. The SMILES string of the molecule is Nc1cccc(Cl)c1S(=O)(=O)N1CCCCC1CO. The molecular weight excluding hydrogens is 288 g/mol. The number of anilines is 1. The number of halogens is 1. The zero-order valence-corrected chi connectivity index (χ0v) is 12.0. The van der Waals surface area contributed by atoms with Crippen molar-refractivity contribution < 1.29 is 13.5 Å². The number of nitrogen functional groups attached to an aromatic ring is 1. The van der Waals surface area contributed by atoms with Crippen LogP contribution in [-0.2, 0) is 10.0 Å². The molecule has 7 heteroatoms. The van der Waals surface area contributed by atoms with Gasteiger partial charge in [-0.2, -0.15) is 4.31 Å². The van der Waals surface area contributed by atoms with Crippen molar-refractivity contribution in [2.45, 2.75) is 30.2 Å². The molecule has 0 aliphatic carbocycles. The van der Waals surface area contributed by atoms with Crippen molar-refractivity contribution in [3.05, 3.63) is 23.2 Å². The molecule has 1 saturated heterocycles. The van der Waals surface area contributed by atoms with Crippen LogP contribution in [0.25, 0.3) is 0 Å². The van der Waals surface area contributed by atoms with Gasteiger partial charge in [0.15, 0.2) is 0 Å². The predicted molar refractivity (Wildman–Crippen MR) is 74.5 cm³/mol. The highest BCUT2D eigenvalue weighted by Gasteiger charge is 2.35. The fraction of sp³-hybridized carbons (Fsp3) is 0.500. The maximum absolute atomic E-state index is 12.6. The van der Waals surface area contributed by atoms with Crippen LogP contribution in [0.4, 0.5) is 5.69 Å². The maximum Gasteiger partial charge on any atom is 0.246 e. The minimum absolute atomic E-state index is 0.0583. The van der Waals surface area contributed by atoms with E-state index in [4.69, 9.17) is 17.3 Å². The van der Waals surface area contributed by atoms with Gasteiger partial charge in [0.2, 0.25) is 10.0 Å². The molecule has 0 radical (unpaired) electrons. The summed E-state index contributed by atoms with van der Waals surface area (Å²) in [6.07, 6.45) is 2.34. The summed E-state index contributed by atoms with van der Waals surface area (Å²) in [5.74, 6) is 0. The highest BCUT2D eigenvalue weighted by atomic mass is 35.5. The molecule has 1 aromatic carbocycles. The summed E-state index contributed by atoms with van der Waals surface area (Å²) in [6.45, 7) is 0.196. The Bertz CT molecular complexity index is 542. The van der Waals surface area contributed by atoms with Gasteiger partial charge in [-0.05, 0) is 25.0 Å². The third-order valence-corrected chi connectivity index (χ3v) is 5.84. The van der Waals surface area contributed by atoms with Crippen molar-refractivity contribution in [3.8, 4) is 0 Å². The second kappa shape index (κ2) is 5.66. The number of aliphatic hydroxyl groups excluding tert-OH is 1. The molecular formula is C12H17ClN2O3S. The maximum atomic E-state index is 12.6. The minimum Gasteiger partial charge on any atom is -0.398 e. The number of rotatable bonds is 3. The number of aliphatic hydroxyl groups is 1. The van der Waals surface area contributed by atoms with Crippen molar-refractivity contribution >= 4 is 27.3 Å². The lowest BCUT2D eigenvalue weighted by atomic mass is 10.1. The van der Waals surface area contributed by atoms with Gasteiger partial charge < -0.3 is 10.8 Å². The predicted octanol–water partition coefficient (Wildman–Crippen LogP) is 1.46. The average Bonchev–Trinajstić information content (AvgIpc) is 2.38. The van der Waals surface area contributed by atoms with Gasteiger partial charge in [-0.3, -0.25) is 0 Å². The molecule has 1 heterocycles. The van der Waals surface area contributed by atoms with E-state index in [0.717, 1.165) is 12.8 Å². The molecule has 19 heavy (non-hydrogen) atoms. The van der Waals surface area contributed by atoms with Gasteiger partial charge in [-0.15, -0.1) is 0 Å². The quantitative estimate of drug-likeness (QED) is 0.828. The largest absolute Gasteiger partial charge is 0.398 e. The molecule has 106 valence electrons. The smallest absolute Gasteiger partial charge is 0.246 e. The Morgan fingerprint density at radius 3 is 2.79 bits per heavy atom. The summed E-state index contributed by atoms with van der Waals surface area (Å²) in [7, 11) is -3.77. The van der Waals surface area contributed by atoms with Crippen LogP contribution in [0.2, 0.25) is 5.02 Å². The van der Waals surface area contributed by atoms with E-state index in [2.05, 4.69) is 0 Å². The summed E-state index contributed by atoms with van der Waals surface area (Å²) < 4.78 is 26.6. The van der Waals surface area contributed by atoms with E-state index in [1.54, 1.807) is 6.07 Å². The Morgan fingerprint density at radius 1 is 1.42 bits per heavy atom. The van der Waals surface area contributed by atoms with Gasteiger partial charge in [0.1, 0.15) is 4.90 Å². The van der Waals surface area contributed by atoms with Gasteiger partial charge in [0.25, 0.3) is 0 Å². The van der Waals surface area contributed by atoms with Gasteiger partial charge in [0, 0.05) is 12.6 Å². The fourth-order valence-electron chi connectivity index (χ4n) is 2.39. The molecule has 1 fully saturated rings. The van der Waals surface area contributed by atoms with Crippen LogP contribution >= 0.6 is 11.6 Å². The van der Waals surface area contributed by atoms with Gasteiger partial charge in [0.05, 0.1) is 17.3 Å². The van der Waals surface area contributed by atoms with E-state index in [1.165, 1.54) is 16.4 Å². The van der Waals surface area contributed by atoms with Crippen LogP contribution in [0.3, 0.4) is 0 Å². The van der Waals surface area contributed by atoms with Gasteiger partial charge in [-0.25, -0.2) is 8.42 Å². The van der Waals surface area contributed by atoms with E-state index < -0.39 is 16.1 Å². The molecule has 0 spiro atoms. The number of nitrogens with zero attached hydrogens (tertiary/aromatic N) is 1. The van der Waals surface area contributed by atoms with Crippen molar-refractivity contribution in [2.24, 2.45) is 0 Å². The molecule has 1 atom stereocenters. The number of piperidine rings is 1. The Kier molecular flexibility index (Phi) is 4.35. The van der Waals surface area contributed by atoms with Gasteiger partial charge in [-0.1, -0.05) is 24.1 Å². The van der Waals surface area contributed by atoms with E-state index in [-0.39, 0.29) is 22.2 Å². The Morgan fingerprint density at radius 2 is 2.16 bits per heavy atom. The van der Waals surface area contributed by atoms with Crippen LogP contribution in [0.15, 0.2) is 23.1 Å². The van der Waals surface area contributed by atoms with Crippen molar-refractivity contribution in [1.82, 2.24) is 4.31 Å². The third kappa shape index (κ3) is 2.72. The number of benzene rings is 1. The summed E-state index contributed by atoms with van der Waals surface area (Å²) in [5, 5.41) is 9.45. The molecule has 0 amide bonds. The first-order valence-electron chi connectivity index (χ1n) is 6.15. The zero-order chi connectivity index (χ0) is 14.0. The van der Waals surface area contributed by atoms with E-state index in [9.17, 15) is 13.5 Å². The molecule has 0 saturated carbocycles.